The van der Waals surface area contributed by atoms with Crippen molar-refractivity contribution in [3.63, 3.8) is 0 Å². The van der Waals surface area contributed by atoms with Crippen molar-refractivity contribution < 1.29 is 0 Å². The minimum Gasteiger partial charge on any atom is -0.355 e. The Bertz CT molecular complexity index is 3050. The summed E-state index contributed by atoms with van der Waals surface area (Å²) in [6.45, 7) is 12.0. The van der Waals surface area contributed by atoms with E-state index in [-0.39, 0.29) is 0 Å². The van der Waals surface area contributed by atoms with Crippen molar-refractivity contribution in [1.82, 2.24) is 4.57 Å². The number of benzene rings is 7. The molecule has 3 heterocycles. The van der Waals surface area contributed by atoms with Crippen LogP contribution in [-0.4, -0.2) is 4.57 Å². The maximum absolute atomic E-state index is 3.72. The lowest BCUT2D eigenvalue weighted by molar-refractivity contribution is 1.02. The van der Waals surface area contributed by atoms with Crippen molar-refractivity contribution in [3.05, 3.63) is 168 Å². The Morgan fingerprint density at radius 3 is 2.10 bits per heavy atom. The number of rotatable bonds is 5. The number of hydrogen-bond donors (Lipinski definition) is 1. The lowest BCUT2D eigenvalue weighted by Crippen LogP contribution is -1.94. The predicted molar refractivity (Wildman–Crippen MR) is 261 cm³/mol. The van der Waals surface area contributed by atoms with Gasteiger partial charge in [0.25, 0.3) is 0 Å². The summed E-state index contributed by atoms with van der Waals surface area (Å²) in [4.78, 5) is 1.51. The number of aryl methyl sites for hydroxylation is 1. The average molecular weight is 791 g/mol. The van der Waals surface area contributed by atoms with Crippen LogP contribution in [0.3, 0.4) is 0 Å². The van der Waals surface area contributed by atoms with Crippen molar-refractivity contribution in [3.8, 4) is 27.9 Å². The molecule has 58 heavy (non-hydrogen) atoms. The SMILES string of the molecule is C1=Cc2c(sc3ccc(-n4c5ccccc5c5c6sc7ccc(-c8cccc(Nc9ccccc9-c9ccccc9)c8)cc7c6ccc54)cc23)CC1.CC.CC.CC. The molecule has 0 aliphatic heterocycles. The maximum atomic E-state index is 3.72. The zero-order valence-electron chi connectivity index (χ0n) is 34.3. The van der Waals surface area contributed by atoms with Crippen LogP contribution in [-0.2, 0) is 6.42 Å². The summed E-state index contributed by atoms with van der Waals surface area (Å²) in [6.07, 6.45) is 6.94. The first-order valence-electron chi connectivity index (χ1n) is 20.9. The highest BCUT2D eigenvalue weighted by Gasteiger charge is 2.19. The molecule has 1 aliphatic rings. The van der Waals surface area contributed by atoms with Gasteiger partial charge in [-0.25, -0.2) is 0 Å². The Morgan fingerprint density at radius 2 is 1.24 bits per heavy atom. The zero-order chi connectivity index (χ0) is 40.2. The third-order valence-corrected chi connectivity index (χ3v) is 13.1. The Balaban J connectivity index is 0.000000750. The van der Waals surface area contributed by atoms with Gasteiger partial charge in [-0.15, -0.1) is 22.7 Å². The van der Waals surface area contributed by atoms with Crippen LogP contribution in [0.2, 0.25) is 0 Å². The lowest BCUT2D eigenvalue weighted by Gasteiger charge is -2.13. The van der Waals surface area contributed by atoms with Gasteiger partial charge in [0.1, 0.15) is 0 Å². The van der Waals surface area contributed by atoms with E-state index in [2.05, 4.69) is 174 Å². The van der Waals surface area contributed by atoms with Crippen LogP contribution in [0.25, 0.3) is 86.1 Å². The first kappa shape index (κ1) is 38.9. The maximum Gasteiger partial charge on any atom is 0.0555 e. The van der Waals surface area contributed by atoms with Crippen LogP contribution < -0.4 is 5.32 Å². The van der Waals surface area contributed by atoms with Gasteiger partial charge in [0.05, 0.1) is 11.0 Å². The summed E-state index contributed by atoms with van der Waals surface area (Å²) >= 11 is 3.87. The van der Waals surface area contributed by atoms with Crippen LogP contribution in [0.1, 0.15) is 58.4 Å². The van der Waals surface area contributed by atoms with Gasteiger partial charge >= 0.3 is 0 Å². The van der Waals surface area contributed by atoms with E-state index in [0.717, 1.165) is 24.2 Å². The normalized spacial score (nSPS) is 11.8. The molecule has 0 spiro atoms. The largest absolute Gasteiger partial charge is 0.355 e. The van der Waals surface area contributed by atoms with Gasteiger partial charge in [-0.05, 0) is 95.8 Å². The van der Waals surface area contributed by atoms with Crippen LogP contribution in [0.15, 0.2) is 158 Å². The Labute approximate surface area is 350 Å². The molecule has 0 unspecified atom stereocenters. The fourth-order valence-corrected chi connectivity index (χ4v) is 10.6. The van der Waals surface area contributed by atoms with Crippen LogP contribution in [0, 0.1) is 0 Å². The number of thiophene rings is 2. The molecule has 0 atom stereocenters. The predicted octanol–water partition coefficient (Wildman–Crippen LogP) is 17.5. The monoisotopic (exact) mass is 790 g/mol. The minimum absolute atomic E-state index is 1.07. The number of fused-ring (bicyclic) bond motifs is 10. The second-order valence-corrected chi connectivity index (χ2v) is 15.9. The number of hydrogen-bond acceptors (Lipinski definition) is 3. The van der Waals surface area contributed by atoms with E-state index in [4.69, 9.17) is 0 Å². The molecule has 11 rings (SSSR count). The number of nitrogens with one attached hydrogen (secondary N) is 1. The average Bonchev–Trinajstić information content (AvgIpc) is 3.98. The first-order valence-corrected chi connectivity index (χ1v) is 22.5. The van der Waals surface area contributed by atoms with Gasteiger partial charge in [0.2, 0.25) is 0 Å². The van der Waals surface area contributed by atoms with Crippen molar-refractivity contribution in [2.24, 2.45) is 0 Å². The number of allylic oxidation sites excluding steroid dienone is 1. The van der Waals surface area contributed by atoms with Crippen LogP contribution >= 0.6 is 22.7 Å². The molecule has 0 fully saturated rings. The molecular formula is C54H50N2S2. The second-order valence-electron chi connectivity index (χ2n) is 13.7. The summed E-state index contributed by atoms with van der Waals surface area (Å²) in [5.74, 6) is 0. The molecule has 7 aromatic carbocycles. The summed E-state index contributed by atoms with van der Waals surface area (Å²) in [6, 6.07) is 55.5. The van der Waals surface area contributed by atoms with Gasteiger partial charge in [-0.1, -0.05) is 145 Å². The van der Waals surface area contributed by atoms with Gasteiger partial charge < -0.3 is 9.88 Å². The van der Waals surface area contributed by atoms with E-state index in [1.807, 2.05) is 64.2 Å². The van der Waals surface area contributed by atoms with Gasteiger partial charge in [0, 0.05) is 68.5 Å². The summed E-state index contributed by atoms with van der Waals surface area (Å²) < 4.78 is 6.52. The van der Waals surface area contributed by atoms with E-state index in [1.165, 1.54) is 90.4 Å². The van der Waals surface area contributed by atoms with E-state index in [0.29, 0.717) is 0 Å². The standard InChI is InChI=1S/C48H32N2S2.3C2H6/c1-2-11-30(12-3-1)35-15-4-7-18-41(35)49-33-14-10-13-31(27-33)32-21-25-46-39(28-32)37-23-24-43-47(48(37)52-46)38-17-5-8-19-42(38)50(43)34-22-26-45-40(29-34)36-16-6-9-20-44(36)51-45;3*1-2/h1-8,10-19,21-29,49H,9,20H2;3*1-2H3. The minimum atomic E-state index is 1.07. The Hall–Kier alpha value is -5.94. The highest BCUT2D eigenvalue weighted by molar-refractivity contribution is 7.26. The molecule has 0 bridgehead atoms. The smallest absolute Gasteiger partial charge is 0.0555 e. The summed E-state index contributed by atoms with van der Waals surface area (Å²) in [7, 11) is 0. The Kier molecular flexibility index (Phi) is 11.6. The number of nitrogens with zero attached hydrogens (tertiary/aromatic N) is 1. The first-order chi connectivity index (χ1) is 28.8. The van der Waals surface area contributed by atoms with E-state index >= 15 is 0 Å². The quantitative estimate of drug-likeness (QED) is 0.184. The fraction of sp³-hybridized carbons (Fsp3) is 0.148. The van der Waals surface area contributed by atoms with Crippen molar-refractivity contribution in [1.29, 1.82) is 0 Å². The fourth-order valence-electron chi connectivity index (χ4n) is 8.22. The molecule has 0 amide bonds. The Morgan fingerprint density at radius 1 is 0.517 bits per heavy atom. The summed E-state index contributed by atoms with van der Waals surface area (Å²) in [5, 5.41) is 10.4. The van der Waals surface area contributed by atoms with Crippen molar-refractivity contribution in [2.45, 2.75) is 54.4 Å². The van der Waals surface area contributed by atoms with Gasteiger partial charge in [0.15, 0.2) is 0 Å². The lowest BCUT2D eigenvalue weighted by atomic mass is 10.0. The van der Waals surface area contributed by atoms with Gasteiger partial charge in [-0.2, -0.15) is 0 Å². The molecule has 288 valence electrons. The molecule has 10 aromatic rings. The molecule has 0 saturated carbocycles. The molecule has 2 nitrogen and oxygen atoms in total. The van der Waals surface area contributed by atoms with E-state index in [9.17, 15) is 0 Å². The molecule has 1 aliphatic carbocycles. The van der Waals surface area contributed by atoms with E-state index < -0.39 is 0 Å². The third kappa shape index (κ3) is 6.91. The molecule has 1 N–H and O–H groups in total. The van der Waals surface area contributed by atoms with Gasteiger partial charge in [-0.3, -0.25) is 0 Å². The highest BCUT2D eigenvalue weighted by atomic mass is 32.1. The summed E-state index contributed by atoms with van der Waals surface area (Å²) in [5.41, 5.74) is 12.1. The highest BCUT2D eigenvalue weighted by Crippen LogP contribution is 2.45. The van der Waals surface area contributed by atoms with Crippen LogP contribution in [0.5, 0.6) is 0 Å². The number of anilines is 2. The third-order valence-electron chi connectivity index (χ3n) is 10.6. The molecule has 3 aromatic heterocycles. The molecule has 0 radical (unpaired) electrons. The van der Waals surface area contributed by atoms with Crippen molar-refractivity contribution in [2.75, 3.05) is 5.32 Å². The second kappa shape index (κ2) is 17.3. The zero-order valence-corrected chi connectivity index (χ0v) is 35.9. The number of aromatic nitrogens is 1. The van der Waals surface area contributed by atoms with Crippen LogP contribution in [0.4, 0.5) is 11.4 Å². The van der Waals surface area contributed by atoms with Crippen molar-refractivity contribution >= 4 is 92.2 Å². The number of para-hydroxylation sites is 2. The molecule has 4 heteroatoms. The van der Waals surface area contributed by atoms with E-state index in [1.54, 1.807) is 0 Å². The topological polar surface area (TPSA) is 17.0 Å². The molecule has 0 saturated heterocycles. The molecular weight excluding hydrogens is 741 g/mol.